The Morgan fingerprint density at radius 1 is 1.11 bits per heavy atom. The highest BCUT2D eigenvalue weighted by atomic mass is 32.2. The number of hydrogen-bond acceptors (Lipinski definition) is 5. The Labute approximate surface area is 125 Å². The van der Waals surface area contributed by atoms with Crippen LogP contribution in [0, 0.1) is 5.82 Å². The maximum Gasteiger partial charge on any atom is 0.175 e. The summed E-state index contributed by atoms with van der Waals surface area (Å²) in [6.45, 7) is 2.19. The summed E-state index contributed by atoms with van der Waals surface area (Å²) in [7, 11) is 0. The fourth-order valence-corrected chi connectivity index (χ4v) is 4.47. The highest BCUT2D eigenvalue weighted by molar-refractivity contribution is 8.02. The van der Waals surface area contributed by atoms with Crippen LogP contribution in [0.2, 0.25) is 0 Å². The molecule has 1 heterocycles. The zero-order chi connectivity index (χ0) is 13.5. The predicted molar refractivity (Wildman–Crippen MR) is 81.5 cm³/mol. The molecule has 0 radical (unpaired) electrons. The maximum atomic E-state index is 12.8. The minimum atomic E-state index is -0.195. The minimum Gasteiger partial charge on any atom is -0.207 e. The van der Waals surface area contributed by atoms with Crippen molar-refractivity contribution in [1.29, 1.82) is 0 Å². The molecule has 0 saturated carbocycles. The van der Waals surface area contributed by atoms with Gasteiger partial charge in [0.2, 0.25) is 0 Å². The molecule has 1 aromatic heterocycles. The second kappa shape index (κ2) is 7.87. The summed E-state index contributed by atoms with van der Waals surface area (Å²) in [6, 6.07) is 6.59. The zero-order valence-electron chi connectivity index (χ0n) is 10.6. The van der Waals surface area contributed by atoms with Gasteiger partial charge in [0.1, 0.15) is 5.82 Å². The largest absolute Gasteiger partial charge is 0.207 e. The Kier molecular flexibility index (Phi) is 6.13. The van der Waals surface area contributed by atoms with Crippen molar-refractivity contribution in [3.8, 4) is 0 Å². The van der Waals surface area contributed by atoms with E-state index < -0.39 is 0 Å². The summed E-state index contributed by atoms with van der Waals surface area (Å²) in [5, 5.41) is 8.33. The van der Waals surface area contributed by atoms with Gasteiger partial charge in [-0.25, -0.2) is 4.39 Å². The fraction of sp³-hybridized carbons (Fsp3) is 0.385. The van der Waals surface area contributed by atoms with Gasteiger partial charge in [0.15, 0.2) is 8.68 Å². The van der Waals surface area contributed by atoms with Gasteiger partial charge in [-0.1, -0.05) is 60.3 Å². The molecule has 102 valence electrons. The quantitative estimate of drug-likeness (QED) is 0.538. The lowest BCUT2D eigenvalue weighted by Gasteiger charge is -1.97. The van der Waals surface area contributed by atoms with E-state index in [9.17, 15) is 4.39 Å². The molecule has 0 aliphatic carbocycles. The van der Waals surface area contributed by atoms with Gasteiger partial charge in [0.05, 0.1) is 0 Å². The first-order valence-electron chi connectivity index (χ1n) is 6.11. The van der Waals surface area contributed by atoms with Crippen molar-refractivity contribution >= 4 is 34.9 Å². The standard InChI is InChI=1S/C13H15FN2S3/c1-2-3-8-17-12-15-16-13(19-12)18-9-10-4-6-11(14)7-5-10/h4-7H,2-3,8-9H2,1H3. The van der Waals surface area contributed by atoms with Crippen LogP contribution in [0.15, 0.2) is 32.9 Å². The molecular formula is C13H15FN2S3. The van der Waals surface area contributed by atoms with Crippen molar-refractivity contribution in [2.24, 2.45) is 0 Å². The summed E-state index contributed by atoms with van der Waals surface area (Å²) in [5.41, 5.74) is 1.10. The van der Waals surface area contributed by atoms with Gasteiger partial charge in [-0.15, -0.1) is 10.2 Å². The monoisotopic (exact) mass is 314 g/mol. The summed E-state index contributed by atoms with van der Waals surface area (Å²) in [4.78, 5) is 0. The zero-order valence-corrected chi connectivity index (χ0v) is 13.1. The Morgan fingerprint density at radius 2 is 1.79 bits per heavy atom. The predicted octanol–water partition coefficient (Wildman–Crippen LogP) is 4.86. The van der Waals surface area contributed by atoms with Gasteiger partial charge >= 0.3 is 0 Å². The van der Waals surface area contributed by atoms with Crippen LogP contribution in [0.5, 0.6) is 0 Å². The Hall–Kier alpha value is -0.590. The van der Waals surface area contributed by atoms with Crippen molar-refractivity contribution < 1.29 is 4.39 Å². The molecule has 0 atom stereocenters. The molecule has 0 amide bonds. The number of hydrogen-bond donors (Lipinski definition) is 0. The smallest absolute Gasteiger partial charge is 0.175 e. The highest BCUT2D eigenvalue weighted by Crippen LogP contribution is 2.31. The van der Waals surface area contributed by atoms with E-state index in [0.717, 1.165) is 25.7 Å². The second-order valence-corrected chi connectivity index (χ2v) is 7.49. The highest BCUT2D eigenvalue weighted by Gasteiger charge is 2.05. The van der Waals surface area contributed by atoms with E-state index in [4.69, 9.17) is 0 Å². The molecular weight excluding hydrogens is 299 g/mol. The van der Waals surface area contributed by atoms with Crippen LogP contribution < -0.4 is 0 Å². The van der Waals surface area contributed by atoms with Gasteiger partial charge in [-0.3, -0.25) is 0 Å². The summed E-state index contributed by atoms with van der Waals surface area (Å²) in [6.07, 6.45) is 2.42. The second-order valence-electron chi connectivity index (χ2n) is 3.95. The third-order valence-electron chi connectivity index (χ3n) is 2.39. The summed E-state index contributed by atoms with van der Waals surface area (Å²) in [5.74, 6) is 1.71. The SMILES string of the molecule is CCCCSc1nnc(SCc2ccc(F)cc2)s1. The van der Waals surface area contributed by atoms with E-state index >= 15 is 0 Å². The molecule has 0 N–H and O–H groups in total. The third-order valence-corrected chi connectivity index (χ3v) is 5.73. The van der Waals surface area contributed by atoms with Crippen molar-refractivity contribution in [2.45, 2.75) is 34.2 Å². The van der Waals surface area contributed by atoms with Crippen LogP contribution >= 0.6 is 34.9 Å². The van der Waals surface area contributed by atoms with Gasteiger partial charge < -0.3 is 0 Å². The van der Waals surface area contributed by atoms with E-state index in [1.54, 1.807) is 47.0 Å². The third kappa shape index (κ3) is 5.12. The topological polar surface area (TPSA) is 25.8 Å². The van der Waals surface area contributed by atoms with Crippen LogP contribution in [0.25, 0.3) is 0 Å². The summed E-state index contributed by atoms with van der Waals surface area (Å²) >= 11 is 5.06. The number of rotatable bonds is 7. The Bertz CT molecular complexity index is 499. The van der Waals surface area contributed by atoms with Gasteiger partial charge in [0, 0.05) is 11.5 Å². The van der Waals surface area contributed by atoms with Crippen LogP contribution in [-0.2, 0) is 5.75 Å². The molecule has 0 aliphatic rings. The molecule has 2 aromatic rings. The van der Waals surface area contributed by atoms with Gasteiger partial charge in [-0.05, 0) is 24.1 Å². The number of unbranched alkanes of at least 4 members (excludes halogenated alkanes) is 1. The van der Waals surface area contributed by atoms with Crippen molar-refractivity contribution in [3.05, 3.63) is 35.6 Å². The molecule has 0 spiro atoms. The normalized spacial score (nSPS) is 10.8. The van der Waals surface area contributed by atoms with Crippen molar-refractivity contribution in [1.82, 2.24) is 10.2 Å². The number of benzene rings is 1. The molecule has 0 aliphatic heterocycles. The van der Waals surface area contributed by atoms with Crippen LogP contribution in [0.3, 0.4) is 0 Å². The number of nitrogens with zero attached hydrogens (tertiary/aromatic N) is 2. The molecule has 2 nitrogen and oxygen atoms in total. The van der Waals surface area contributed by atoms with Gasteiger partial charge in [-0.2, -0.15) is 0 Å². The molecule has 0 unspecified atom stereocenters. The molecule has 0 bridgehead atoms. The number of aromatic nitrogens is 2. The maximum absolute atomic E-state index is 12.8. The van der Waals surface area contributed by atoms with Crippen molar-refractivity contribution in [2.75, 3.05) is 5.75 Å². The number of halogens is 1. The van der Waals surface area contributed by atoms with Crippen LogP contribution in [-0.4, -0.2) is 16.0 Å². The van der Waals surface area contributed by atoms with Crippen LogP contribution in [0.4, 0.5) is 4.39 Å². The molecule has 6 heteroatoms. The van der Waals surface area contributed by atoms with E-state index in [1.807, 2.05) is 0 Å². The molecule has 0 fully saturated rings. The first-order valence-corrected chi connectivity index (χ1v) is 8.90. The van der Waals surface area contributed by atoms with E-state index in [-0.39, 0.29) is 5.82 Å². The minimum absolute atomic E-state index is 0.195. The van der Waals surface area contributed by atoms with E-state index in [0.29, 0.717) is 0 Å². The molecule has 1 aromatic carbocycles. The van der Waals surface area contributed by atoms with E-state index in [1.165, 1.54) is 25.0 Å². The first kappa shape index (κ1) is 14.8. The van der Waals surface area contributed by atoms with E-state index in [2.05, 4.69) is 17.1 Å². The Morgan fingerprint density at radius 3 is 2.47 bits per heavy atom. The molecule has 2 rings (SSSR count). The lowest BCUT2D eigenvalue weighted by molar-refractivity contribution is 0.627. The first-order chi connectivity index (χ1) is 9.28. The molecule has 0 saturated heterocycles. The average Bonchev–Trinajstić information content (AvgIpc) is 2.86. The van der Waals surface area contributed by atoms with Crippen LogP contribution in [0.1, 0.15) is 25.3 Å². The fourth-order valence-electron chi connectivity index (χ4n) is 1.34. The summed E-state index contributed by atoms with van der Waals surface area (Å²) < 4.78 is 14.8. The van der Waals surface area contributed by atoms with Gasteiger partial charge in [0.25, 0.3) is 0 Å². The lowest BCUT2D eigenvalue weighted by atomic mass is 10.2. The lowest BCUT2D eigenvalue weighted by Crippen LogP contribution is -1.81. The molecule has 19 heavy (non-hydrogen) atoms. The van der Waals surface area contributed by atoms with Crippen molar-refractivity contribution in [3.63, 3.8) is 0 Å². The number of thioether (sulfide) groups is 2. The average molecular weight is 314 g/mol. The Balaban J connectivity index is 1.81.